The van der Waals surface area contributed by atoms with Crippen molar-refractivity contribution in [1.29, 1.82) is 0 Å². The highest BCUT2D eigenvalue weighted by Crippen LogP contribution is 2.24. The van der Waals surface area contributed by atoms with E-state index in [1.807, 2.05) is 19.1 Å². The van der Waals surface area contributed by atoms with Crippen molar-refractivity contribution in [2.75, 3.05) is 0 Å². The van der Waals surface area contributed by atoms with E-state index in [0.717, 1.165) is 29.0 Å². The summed E-state index contributed by atoms with van der Waals surface area (Å²) in [5.74, 6) is 1.73. The van der Waals surface area contributed by atoms with Crippen molar-refractivity contribution in [1.82, 2.24) is 9.97 Å². The van der Waals surface area contributed by atoms with Crippen molar-refractivity contribution in [3.8, 4) is 5.75 Å². The molecule has 3 aromatic rings. The molecular formula is C19H22N2O. The first-order valence-corrected chi connectivity index (χ1v) is 7.79. The average Bonchev–Trinajstić information content (AvgIpc) is 2.91. The van der Waals surface area contributed by atoms with Gasteiger partial charge in [0.15, 0.2) is 6.10 Å². The fraction of sp³-hybridized carbons (Fsp3) is 0.316. The van der Waals surface area contributed by atoms with E-state index in [1.165, 1.54) is 16.7 Å². The summed E-state index contributed by atoms with van der Waals surface area (Å²) in [6, 6.07) is 12.5. The van der Waals surface area contributed by atoms with Crippen LogP contribution in [0.25, 0.3) is 11.0 Å². The van der Waals surface area contributed by atoms with Crippen molar-refractivity contribution in [2.45, 2.75) is 40.2 Å². The zero-order valence-corrected chi connectivity index (χ0v) is 13.6. The number of hydrogen-bond donors (Lipinski definition) is 1. The fourth-order valence-electron chi connectivity index (χ4n) is 2.55. The summed E-state index contributed by atoms with van der Waals surface area (Å²) in [5.41, 5.74) is 5.90. The summed E-state index contributed by atoms with van der Waals surface area (Å²) >= 11 is 0. The van der Waals surface area contributed by atoms with E-state index in [-0.39, 0.29) is 6.10 Å². The first-order valence-electron chi connectivity index (χ1n) is 7.79. The van der Waals surface area contributed by atoms with Gasteiger partial charge in [0.2, 0.25) is 0 Å². The van der Waals surface area contributed by atoms with E-state index in [4.69, 9.17) is 4.74 Å². The van der Waals surface area contributed by atoms with Crippen LogP contribution in [0.1, 0.15) is 42.5 Å². The predicted octanol–water partition coefficient (Wildman–Crippen LogP) is 4.88. The van der Waals surface area contributed by atoms with Crippen LogP contribution in [0.2, 0.25) is 0 Å². The van der Waals surface area contributed by atoms with Crippen molar-refractivity contribution >= 4 is 11.0 Å². The predicted molar refractivity (Wildman–Crippen MR) is 90.4 cm³/mol. The van der Waals surface area contributed by atoms with E-state index in [1.54, 1.807) is 0 Å². The molecule has 3 rings (SSSR count). The summed E-state index contributed by atoms with van der Waals surface area (Å²) in [5, 5.41) is 0. The van der Waals surface area contributed by atoms with Gasteiger partial charge < -0.3 is 9.72 Å². The molecule has 3 nitrogen and oxygen atoms in total. The van der Waals surface area contributed by atoms with Crippen LogP contribution in [-0.2, 0) is 6.42 Å². The fourth-order valence-corrected chi connectivity index (χ4v) is 2.55. The molecule has 1 N–H and O–H groups in total. The Kier molecular flexibility index (Phi) is 3.88. The van der Waals surface area contributed by atoms with Gasteiger partial charge in [-0.1, -0.05) is 19.1 Å². The Bertz CT molecular complexity index is 748. The average molecular weight is 294 g/mol. The normalized spacial score (nSPS) is 12.5. The Balaban J connectivity index is 1.83. The van der Waals surface area contributed by atoms with Crippen molar-refractivity contribution < 1.29 is 4.74 Å². The number of ether oxygens (including phenoxy) is 1. The zero-order chi connectivity index (χ0) is 15.7. The van der Waals surface area contributed by atoms with Gasteiger partial charge in [-0.15, -0.1) is 0 Å². The number of benzene rings is 2. The molecule has 1 atom stereocenters. The van der Waals surface area contributed by atoms with Crippen molar-refractivity contribution in [3.05, 3.63) is 58.9 Å². The maximum atomic E-state index is 6.00. The van der Waals surface area contributed by atoms with E-state index < -0.39 is 0 Å². The van der Waals surface area contributed by atoms with Crippen LogP contribution in [0.3, 0.4) is 0 Å². The molecule has 0 saturated carbocycles. The van der Waals surface area contributed by atoms with Crippen LogP contribution in [0.15, 0.2) is 36.4 Å². The van der Waals surface area contributed by atoms with Crippen LogP contribution in [0, 0.1) is 13.8 Å². The number of H-pyrrole nitrogens is 1. The Hall–Kier alpha value is -2.29. The molecule has 0 amide bonds. The van der Waals surface area contributed by atoms with Crippen LogP contribution < -0.4 is 4.74 Å². The van der Waals surface area contributed by atoms with Crippen LogP contribution >= 0.6 is 0 Å². The third kappa shape index (κ3) is 2.84. The SMILES string of the molecule is CCc1ccc(OC(C)c2nc3cc(C)c(C)cc3[nH]2)cc1. The quantitative estimate of drug-likeness (QED) is 0.744. The minimum absolute atomic E-state index is 0.111. The third-order valence-electron chi connectivity index (χ3n) is 4.15. The van der Waals surface area contributed by atoms with Gasteiger partial charge >= 0.3 is 0 Å². The molecule has 2 aromatic carbocycles. The Morgan fingerprint density at radius 1 is 1.09 bits per heavy atom. The number of fused-ring (bicyclic) bond motifs is 1. The molecule has 1 unspecified atom stereocenters. The molecule has 0 saturated heterocycles. The first kappa shape index (κ1) is 14.6. The number of rotatable bonds is 4. The topological polar surface area (TPSA) is 37.9 Å². The largest absolute Gasteiger partial charge is 0.483 e. The summed E-state index contributed by atoms with van der Waals surface area (Å²) in [6.45, 7) is 8.39. The van der Waals surface area contributed by atoms with Gasteiger partial charge in [-0.3, -0.25) is 0 Å². The van der Waals surface area contributed by atoms with Crippen LogP contribution in [0.4, 0.5) is 0 Å². The Morgan fingerprint density at radius 2 is 1.77 bits per heavy atom. The maximum absolute atomic E-state index is 6.00. The van der Waals surface area contributed by atoms with Crippen LogP contribution in [0.5, 0.6) is 5.75 Å². The molecule has 3 heteroatoms. The van der Waals surface area contributed by atoms with Crippen LogP contribution in [-0.4, -0.2) is 9.97 Å². The second-order valence-electron chi connectivity index (χ2n) is 5.83. The summed E-state index contributed by atoms with van der Waals surface area (Å²) in [7, 11) is 0. The maximum Gasteiger partial charge on any atom is 0.153 e. The molecule has 0 aliphatic carbocycles. The van der Waals surface area contributed by atoms with Gasteiger partial charge in [0.1, 0.15) is 11.6 Å². The number of nitrogens with zero attached hydrogens (tertiary/aromatic N) is 1. The molecule has 1 heterocycles. The minimum Gasteiger partial charge on any atom is -0.483 e. The van der Waals surface area contributed by atoms with Gasteiger partial charge in [-0.2, -0.15) is 0 Å². The van der Waals surface area contributed by atoms with Gasteiger partial charge in [0, 0.05) is 0 Å². The van der Waals surface area contributed by atoms with Gasteiger partial charge in [0.05, 0.1) is 11.0 Å². The van der Waals surface area contributed by atoms with E-state index in [9.17, 15) is 0 Å². The van der Waals surface area contributed by atoms with Crippen molar-refractivity contribution in [2.24, 2.45) is 0 Å². The summed E-state index contributed by atoms with van der Waals surface area (Å²) < 4.78 is 6.00. The van der Waals surface area contributed by atoms with Crippen molar-refractivity contribution in [3.63, 3.8) is 0 Å². The number of aryl methyl sites for hydroxylation is 3. The number of hydrogen-bond acceptors (Lipinski definition) is 2. The molecule has 0 aliphatic rings. The number of imidazole rings is 1. The molecule has 114 valence electrons. The molecular weight excluding hydrogens is 272 g/mol. The van der Waals surface area contributed by atoms with Gasteiger partial charge in [0.25, 0.3) is 0 Å². The Morgan fingerprint density at radius 3 is 2.45 bits per heavy atom. The highest BCUT2D eigenvalue weighted by Gasteiger charge is 2.13. The molecule has 0 fully saturated rings. The molecule has 0 radical (unpaired) electrons. The van der Waals surface area contributed by atoms with Gasteiger partial charge in [-0.25, -0.2) is 4.98 Å². The molecule has 0 bridgehead atoms. The minimum atomic E-state index is -0.111. The second kappa shape index (κ2) is 5.84. The standard InChI is InChI=1S/C19H22N2O/c1-5-15-6-8-16(9-7-15)22-14(4)19-20-17-10-12(2)13(3)11-18(17)21-19/h6-11,14H,5H2,1-4H3,(H,20,21). The smallest absolute Gasteiger partial charge is 0.153 e. The van der Waals surface area contributed by atoms with E-state index >= 15 is 0 Å². The first-order chi connectivity index (χ1) is 10.6. The Labute approximate surface area is 131 Å². The zero-order valence-electron chi connectivity index (χ0n) is 13.6. The van der Waals surface area contributed by atoms with Gasteiger partial charge in [-0.05, 0) is 68.1 Å². The molecule has 1 aromatic heterocycles. The third-order valence-corrected chi connectivity index (χ3v) is 4.15. The number of aromatic amines is 1. The molecule has 22 heavy (non-hydrogen) atoms. The highest BCUT2D eigenvalue weighted by atomic mass is 16.5. The monoisotopic (exact) mass is 294 g/mol. The lowest BCUT2D eigenvalue weighted by atomic mass is 10.1. The second-order valence-corrected chi connectivity index (χ2v) is 5.83. The lowest BCUT2D eigenvalue weighted by molar-refractivity contribution is 0.218. The molecule has 0 aliphatic heterocycles. The lowest BCUT2D eigenvalue weighted by Crippen LogP contribution is -2.05. The van der Waals surface area contributed by atoms with E-state index in [0.29, 0.717) is 0 Å². The summed E-state index contributed by atoms with van der Waals surface area (Å²) in [6.07, 6.45) is 0.929. The number of nitrogens with one attached hydrogen (secondary N) is 1. The highest BCUT2D eigenvalue weighted by molar-refractivity contribution is 5.77. The number of aromatic nitrogens is 2. The lowest BCUT2D eigenvalue weighted by Gasteiger charge is -2.12. The van der Waals surface area contributed by atoms with E-state index in [2.05, 4.69) is 55.0 Å². The summed E-state index contributed by atoms with van der Waals surface area (Å²) in [4.78, 5) is 8.03. The molecule has 0 spiro atoms.